The SMILES string of the molecule is C1CN(C2COC2)CCN1.[HH]. The van der Waals surface area contributed by atoms with Crippen molar-refractivity contribution < 1.29 is 6.16 Å². The lowest BCUT2D eigenvalue weighted by atomic mass is 10.2. The molecule has 1 N–H and O–H groups in total. The van der Waals surface area contributed by atoms with Crippen molar-refractivity contribution in [1.29, 1.82) is 0 Å². The van der Waals surface area contributed by atoms with Gasteiger partial charge >= 0.3 is 0 Å². The van der Waals surface area contributed by atoms with Crippen molar-refractivity contribution in [2.75, 3.05) is 39.4 Å². The minimum atomic E-state index is 0. The lowest BCUT2D eigenvalue weighted by Gasteiger charge is -2.39. The van der Waals surface area contributed by atoms with Crippen molar-refractivity contribution in [3.63, 3.8) is 0 Å². The summed E-state index contributed by atoms with van der Waals surface area (Å²) in [5.74, 6) is 0. The van der Waals surface area contributed by atoms with Gasteiger partial charge in [-0.3, -0.25) is 4.90 Å². The van der Waals surface area contributed by atoms with Crippen LogP contribution in [-0.4, -0.2) is 50.3 Å². The molecule has 2 aliphatic heterocycles. The van der Waals surface area contributed by atoms with E-state index in [1.165, 1.54) is 13.1 Å². The van der Waals surface area contributed by atoms with Gasteiger partial charge in [-0.2, -0.15) is 0 Å². The van der Waals surface area contributed by atoms with Crippen LogP contribution in [0.25, 0.3) is 0 Å². The van der Waals surface area contributed by atoms with Gasteiger partial charge in [-0.15, -0.1) is 0 Å². The van der Waals surface area contributed by atoms with E-state index in [1.54, 1.807) is 0 Å². The van der Waals surface area contributed by atoms with Gasteiger partial charge in [0.15, 0.2) is 0 Å². The maximum Gasteiger partial charge on any atom is 0.0645 e. The van der Waals surface area contributed by atoms with Gasteiger partial charge in [-0.05, 0) is 0 Å². The molecule has 2 saturated heterocycles. The molecule has 3 heteroatoms. The molecule has 0 saturated carbocycles. The van der Waals surface area contributed by atoms with Crippen LogP contribution in [0, 0.1) is 0 Å². The van der Waals surface area contributed by atoms with Crippen LogP contribution in [0.3, 0.4) is 0 Å². The van der Waals surface area contributed by atoms with E-state index in [2.05, 4.69) is 10.2 Å². The summed E-state index contributed by atoms with van der Waals surface area (Å²) in [4.78, 5) is 2.51. The Morgan fingerprint density at radius 1 is 1.30 bits per heavy atom. The molecule has 0 radical (unpaired) electrons. The van der Waals surface area contributed by atoms with Crippen LogP contribution in [0.15, 0.2) is 0 Å². The van der Waals surface area contributed by atoms with Gasteiger partial charge in [0.2, 0.25) is 0 Å². The van der Waals surface area contributed by atoms with Crippen molar-refractivity contribution >= 4 is 0 Å². The van der Waals surface area contributed by atoms with Crippen LogP contribution in [0.1, 0.15) is 1.43 Å². The van der Waals surface area contributed by atoms with Gasteiger partial charge in [0.1, 0.15) is 0 Å². The molecule has 0 aromatic heterocycles. The fourth-order valence-corrected chi connectivity index (χ4v) is 1.48. The molecule has 0 aliphatic carbocycles. The zero-order chi connectivity index (χ0) is 6.81. The van der Waals surface area contributed by atoms with Gasteiger partial charge in [0.25, 0.3) is 0 Å². The summed E-state index contributed by atoms with van der Waals surface area (Å²) in [5, 5.41) is 3.34. The third-order valence-corrected chi connectivity index (χ3v) is 2.29. The van der Waals surface area contributed by atoms with Crippen LogP contribution in [0.4, 0.5) is 0 Å². The molecule has 2 fully saturated rings. The zero-order valence-corrected chi connectivity index (χ0v) is 6.18. The van der Waals surface area contributed by atoms with Crippen LogP contribution in [-0.2, 0) is 4.74 Å². The minimum Gasteiger partial charge on any atom is -0.378 e. The summed E-state index contributed by atoms with van der Waals surface area (Å²) in [5.41, 5.74) is 0. The Morgan fingerprint density at radius 3 is 2.50 bits per heavy atom. The maximum atomic E-state index is 5.13. The number of rotatable bonds is 1. The Bertz CT molecular complexity index is 113. The number of nitrogens with zero attached hydrogens (tertiary/aromatic N) is 1. The molecule has 2 aliphatic rings. The maximum absolute atomic E-state index is 5.13. The molecule has 0 atom stereocenters. The minimum absolute atomic E-state index is 0. The number of hydrogen-bond donors (Lipinski definition) is 1. The Labute approximate surface area is 62.8 Å². The standard InChI is InChI=1S/C7H14N2O.H2/c1-3-9(4-2-8-1)7-5-10-6-7;/h7-8H,1-6H2;1H. The van der Waals surface area contributed by atoms with E-state index in [1.807, 2.05) is 0 Å². The summed E-state index contributed by atoms with van der Waals surface area (Å²) in [6.45, 7) is 6.62. The molecular weight excluding hydrogens is 128 g/mol. The summed E-state index contributed by atoms with van der Waals surface area (Å²) in [6.07, 6.45) is 0. The highest BCUT2D eigenvalue weighted by Crippen LogP contribution is 2.09. The number of hydrogen-bond acceptors (Lipinski definition) is 3. The van der Waals surface area contributed by atoms with Crippen molar-refractivity contribution in [3.05, 3.63) is 0 Å². The van der Waals surface area contributed by atoms with Crippen LogP contribution in [0.5, 0.6) is 0 Å². The highest BCUT2D eigenvalue weighted by Gasteiger charge is 2.26. The summed E-state index contributed by atoms with van der Waals surface area (Å²) in [6, 6.07) is 0.738. The van der Waals surface area contributed by atoms with Crippen LogP contribution >= 0.6 is 0 Å². The lowest BCUT2D eigenvalue weighted by Crippen LogP contribution is -2.55. The second-order valence-electron chi connectivity index (χ2n) is 2.98. The molecule has 2 rings (SSSR count). The molecule has 0 spiro atoms. The average molecular weight is 144 g/mol. The lowest BCUT2D eigenvalue weighted by molar-refractivity contribution is -0.0677. The van der Waals surface area contributed by atoms with Gasteiger partial charge in [-0.1, -0.05) is 0 Å². The van der Waals surface area contributed by atoms with E-state index < -0.39 is 0 Å². The third kappa shape index (κ3) is 1.17. The highest BCUT2D eigenvalue weighted by atomic mass is 16.5. The predicted molar refractivity (Wildman–Crippen MR) is 41.2 cm³/mol. The first-order valence-corrected chi connectivity index (χ1v) is 3.99. The molecule has 0 bridgehead atoms. The summed E-state index contributed by atoms with van der Waals surface area (Å²) in [7, 11) is 0. The Kier molecular flexibility index (Phi) is 1.88. The fraction of sp³-hybridized carbons (Fsp3) is 1.00. The predicted octanol–water partition coefficient (Wildman–Crippen LogP) is -0.464. The average Bonchev–Trinajstić information content (AvgIpc) is 1.86. The van der Waals surface area contributed by atoms with Gasteiger partial charge < -0.3 is 10.1 Å². The molecule has 0 amide bonds. The second-order valence-corrected chi connectivity index (χ2v) is 2.98. The van der Waals surface area contributed by atoms with E-state index >= 15 is 0 Å². The first-order chi connectivity index (χ1) is 4.97. The monoisotopic (exact) mass is 144 g/mol. The molecule has 10 heavy (non-hydrogen) atoms. The number of nitrogens with one attached hydrogen (secondary N) is 1. The van der Waals surface area contributed by atoms with Gasteiger partial charge in [-0.25, -0.2) is 0 Å². The molecular formula is C7H16N2O. The molecule has 0 aromatic rings. The topological polar surface area (TPSA) is 24.5 Å². The number of piperazine rings is 1. The smallest absolute Gasteiger partial charge is 0.0645 e. The summed E-state index contributed by atoms with van der Waals surface area (Å²) < 4.78 is 5.13. The van der Waals surface area contributed by atoms with Gasteiger partial charge in [0, 0.05) is 27.6 Å². The molecule has 2 heterocycles. The van der Waals surface area contributed by atoms with Crippen LogP contribution < -0.4 is 5.32 Å². The largest absolute Gasteiger partial charge is 0.378 e. The molecule has 0 aromatic carbocycles. The molecule has 0 unspecified atom stereocenters. The highest BCUT2D eigenvalue weighted by molar-refractivity contribution is 4.80. The van der Waals surface area contributed by atoms with Crippen LogP contribution in [0.2, 0.25) is 0 Å². The first-order valence-electron chi connectivity index (χ1n) is 3.99. The zero-order valence-electron chi connectivity index (χ0n) is 6.18. The van der Waals surface area contributed by atoms with E-state index in [0.717, 1.165) is 32.3 Å². The summed E-state index contributed by atoms with van der Waals surface area (Å²) >= 11 is 0. The number of ether oxygens (including phenoxy) is 1. The van der Waals surface area contributed by atoms with E-state index in [-0.39, 0.29) is 1.43 Å². The second kappa shape index (κ2) is 2.86. The van der Waals surface area contributed by atoms with E-state index in [9.17, 15) is 0 Å². The Balaban J connectivity index is 0.000000605. The molecule has 60 valence electrons. The van der Waals surface area contributed by atoms with E-state index in [0.29, 0.717) is 0 Å². The Hall–Kier alpha value is -0.120. The fourth-order valence-electron chi connectivity index (χ4n) is 1.48. The molecule has 3 nitrogen and oxygen atoms in total. The van der Waals surface area contributed by atoms with Crippen molar-refractivity contribution in [1.82, 2.24) is 10.2 Å². The van der Waals surface area contributed by atoms with Crippen molar-refractivity contribution in [2.45, 2.75) is 6.04 Å². The van der Waals surface area contributed by atoms with Crippen molar-refractivity contribution in [3.8, 4) is 0 Å². The quantitative estimate of drug-likeness (QED) is 0.539. The van der Waals surface area contributed by atoms with Gasteiger partial charge in [0.05, 0.1) is 19.3 Å². The normalized spacial score (nSPS) is 30.0. The third-order valence-electron chi connectivity index (χ3n) is 2.29. The first kappa shape index (κ1) is 6.58. The van der Waals surface area contributed by atoms with E-state index in [4.69, 9.17) is 4.74 Å². The Morgan fingerprint density at radius 2 is 2.00 bits per heavy atom. The van der Waals surface area contributed by atoms with Crippen molar-refractivity contribution in [2.24, 2.45) is 0 Å².